The molecule has 0 heterocycles. The van der Waals surface area contributed by atoms with Crippen LogP contribution in [0.15, 0.2) is 48.5 Å². The minimum Gasteiger partial charge on any atom is -0.487 e. The molecule has 0 spiro atoms. The number of nitrogen functional groups attached to an aromatic ring is 1. The van der Waals surface area contributed by atoms with E-state index in [4.69, 9.17) is 15.2 Å². The number of anilines is 1. The number of carbonyl (C=O) groups is 1. The average Bonchev–Trinajstić information content (AvgIpc) is 2.55. The summed E-state index contributed by atoms with van der Waals surface area (Å²) < 4.78 is 10.6. The lowest BCUT2D eigenvalue weighted by atomic mass is 10.1. The van der Waals surface area contributed by atoms with Crippen LogP contribution in [0.3, 0.4) is 0 Å². The molecule has 0 unspecified atom stereocenters. The van der Waals surface area contributed by atoms with Crippen LogP contribution in [0.4, 0.5) is 5.69 Å². The number of hydrogen-bond donors (Lipinski definition) is 2. The van der Waals surface area contributed by atoms with Crippen molar-refractivity contribution in [1.29, 1.82) is 0 Å². The second-order valence-electron chi connectivity index (χ2n) is 4.78. The first-order valence-electron chi connectivity index (χ1n) is 7.04. The predicted octanol–water partition coefficient (Wildman–Crippen LogP) is 2.22. The summed E-state index contributed by atoms with van der Waals surface area (Å²) in [5.41, 5.74) is 7.95. The molecule has 5 heteroatoms. The minimum absolute atomic E-state index is 0.179. The number of ether oxygens (including phenoxy) is 2. The Bertz CT molecular complexity index is 615. The minimum atomic E-state index is -0.179. The number of nitrogens with one attached hydrogen (secondary N) is 1. The number of carbonyl (C=O) groups excluding carboxylic acids is 1. The van der Waals surface area contributed by atoms with Gasteiger partial charge in [-0.05, 0) is 23.8 Å². The molecule has 22 heavy (non-hydrogen) atoms. The number of amides is 1. The van der Waals surface area contributed by atoms with E-state index in [-0.39, 0.29) is 5.91 Å². The molecule has 0 radical (unpaired) electrons. The second kappa shape index (κ2) is 8.05. The smallest absolute Gasteiger partial charge is 0.251 e. The lowest BCUT2D eigenvalue weighted by Gasteiger charge is -2.11. The standard InChI is InChI=1S/C17H20N2O3/c1-21-10-9-19-17(20)14-7-8-15(18)16(11-14)22-12-13-5-3-2-4-6-13/h2-8,11H,9-10,12,18H2,1H3,(H,19,20). The van der Waals surface area contributed by atoms with E-state index in [1.807, 2.05) is 30.3 Å². The molecule has 0 bridgehead atoms. The Kier molecular flexibility index (Phi) is 5.80. The van der Waals surface area contributed by atoms with Crippen LogP contribution in [0, 0.1) is 0 Å². The van der Waals surface area contributed by atoms with E-state index < -0.39 is 0 Å². The SMILES string of the molecule is COCCNC(=O)c1ccc(N)c(OCc2ccccc2)c1. The van der Waals surface area contributed by atoms with Gasteiger partial charge in [0.1, 0.15) is 12.4 Å². The summed E-state index contributed by atoms with van der Waals surface area (Å²) in [6.45, 7) is 1.33. The third-order valence-corrected chi connectivity index (χ3v) is 3.10. The lowest BCUT2D eigenvalue weighted by molar-refractivity contribution is 0.0936. The number of nitrogens with two attached hydrogens (primary N) is 1. The molecule has 0 aliphatic carbocycles. The first-order chi connectivity index (χ1) is 10.7. The van der Waals surface area contributed by atoms with Crippen molar-refractivity contribution < 1.29 is 14.3 Å². The maximum absolute atomic E-state index is 12.0. The zero-order valence-electron chi connectivity index (χ0n) is 12.5. The van der Waals surface area contributed by atoms with Crippen molar-refractivity contribution in [2.24, 2.45) is 0 Å². The lowest BCUT2D eigenvalue weighted by Crippen LogP contribution is -2.26. The maximum Gasteiger partial charge on any atom is 0.251 e. The normalized spacial score (nSPS) is 10.2. The van der Waals surface area contributed by atoms with Gasteiger partial charge in [-0.25, -0.2) is 0 Å². The molecule has 0 aliphatic rings. The van der Waals surface area contributed by atoms with Gasteiger partial charge in [-0.1, -0.05) is 30.3 Å². The monoisotopic (exact) mass is 300 g/mol. The fraction of sp³-hybridized carbons (Fsp3) is 0.235. The molecule has 5 nitrogen and oxygen atoms in total. The summed E-state index contributed by atoms with van der Waals surface area (Å²) in [6.07, 6.45) is 0. The largest absolute Gasteiger partial charge is 0.487 e. The van der Waals surface area contributed by atoms with Gasteiger partial charge in [0.25, 0.3) is 5.91 Å². The average molecular weight is 300 g/mol. The van der Waals surface area contributed by atoms with E-state index in [1.165, 1.54) is 0 Å². The Hall–Kier alpha value is -2.53. The van der Waals surface area contributed by atoms with Gasteiger partial charge in [0, 0.05) is 19.2 Å². The highest BCUT2D eigenvalue weighted by Gasteiger charge is 2.09. The molecule has 2 aromatic carbocycles. The van der Waals surface area contributed by atoms with Gasteiger partial charge < -0.3 is 20.5 Å². The first-order valence-corrected chi connectivity index (χ1v) is 7.04. The number of rotatable bonds is 7. The zero-order chi connectivity index (χ0) is 15.8. The van der Waals surface area contributed by atoms with Crippen LogP contribution < -0.4 is 15.8 Å². The van der Waals surface area contributed by atoms with E-state index in [1.54, 1.807) is 25.3 Å². The van der Waals surface area contributed by atoms with E-state index in [2.05, 4.69) is 5.32 Å². The Balaban J connectivity index is 2.01. The van der Waals surface area contributed by atoms with Crippen molar-refractivity contribution >= 4 is 11.6 Å². The molecular formula is C17H20N2O3. The Labute approximate surface area is 130 Å². The predicted molar refractivity (Wildman–Crippen MR) is 85.8 cm³/mol. The number of benzene rings is 2. The molecule has 2 rings (SSSR count). The van der Waals surface area contributed by atoms with Crippen LogP contribution in [0.2, 0.25) is 0 Å². The highest BCUT2D eigenvalue weighted by molar-refractivity contribution is 5.95. The van der Waals surface area contributed by atoms with Crippen LogP contribution in [-0.4, -0.2) is 26.2 Å². The Morgan fingerprint density at radius 3 is 2.68 bits per heavy atom. The van der Waals surface area contributed by atoms with Crippen LogP contribution >= 0.6 is 0 Å². The molecule has 1 amide bonds. The number of hydrogen-bond acceptors (Lipinski definition) is 4. The molecule has 0 saturated heterocycles. The quantitative estimate of drug-likeness (QED) is 0.607. The third kappa shape index (κ3) is 4.49. The van der Waals surface area contributed by atoms with Gasteiger partial charge >= 0.3 is 0 Å². The summed E-state index contributed by atoms with van der Waals surface area (Å²) in [5.74, 6) is 0.324. The maximum atomic E-state index is 12.0. The van der Waals surface area contributed by atoms with E-state index in [9.17, 15) is 4.79 Å². The third-order valence-electron chi connectivity index (χ3n) is 3.10. The summed E-state index contributed by atoms with van der Waals surface area (Å²) in [4.78, 5) is 12.0. The van der Waals surface area contributed by atoms with Crippen LogP contribution in [0.25, 0.3) is 0 Å². The van der Waals surface area contributed by atoms with Crippen LogP contribution in [0.1, 0.15) is 15.9 Å². The van der Waals surface area contributed by atoms with Crippen molar-refractivity contribution in [3.05, 3.63) is 59.7 Å². The molecular weight excluding hydrogens is 280 g/mol. The molecule has 0 aromatic heterocycles. The molecule has 2 aromatic rings. The van der Waals surface area contributed by atoms with Crippen molar-refractivity contribution in [3.63, 3.8) is 0 Å². The Morgan fingerprint density at radius 1 is 1.18 bits per heavy atom. The van der Waals surface area contributed by atoms with E-state index in [0.29, 0.717) is 36.8 Å². The molecule has 0 fully saturated rings. The van der Waals surface area contributed by atoms with Gasteiger partial charge in [-0.2, -0.15) is 0 Å². The molecule has 116 valence electrons. The summed E-state index contributed by atoms with van der Waals surface area (Å²) >= 11 is 0. The summed E-state index contributed by atoms with van der Waals surface area (Å²) in [6, 6.07) is 14.8. The highest BCUT2D eigenvalue weighted by Crippen LogP contribution is 2.23. The summed E-state index contributed by atoms with van der Waals surface area (Å²) in [5, 5.41) is 2.76. The van der Waals surface area contributed by atoms with Gasteiger partial charge in [0.05, 0.1) is 12.3 Å². The molecule has 3 N–H and O–H groups in total. The van der Waals surface area contributed by atoms with Crippen molar-refractivity contribution in [2.75, 3.05) is 26.0 Å². The van der Waals surface area contributed by atoms with Crippen LogP contribution in [0.5, 0.6) is 5.75 Å². The van der Waals surface area contributed by atoms with Crippen molar-refractivity contribution in [1.82, 2.24) is 5.32 Å². The highest BCUT2D eigenvalue weighted by atomic mass is 16.5. The van der Waals surface area contributed by atoms with E-state index >= 15 is 0 Å². The first kappa shape index (κ1) is 15.9. The van der Waals surface area contributed by atoms with Gasteiger partial charge in [-0.3, -0.25) is 4.79 Å². The van der Waals surface area contributed by atoms with Gasteiger partial charge in [0.15, 0.2) is 0 Å². The Morgan fingerprint density at radius 2 is 1.95 bits per heavy atom. The fourth-order valence-corrected chi connectivity index (χ4v) is 1.90. The van der Waals surface area contributed by atoms with Crippen molar-refractivity contribution in [3.8, 4) is 5.75 Å². The molecule has 0 atom stereocenters. The van der Waals surface area contributed by atoms with Crippen LogP contribution in [-0.2, 0) is 11.3 Å². The fourth-order valence-electron chi connectivity index (χ4n) is 1.90. The van der Waals surface area contributed by atoms with Gasteiger partial charge in [-0.15, -0.1) is 0 Å². The molecule has 0 aliphatic heterocycles. The van der Waals surface area contributed by atoms with Crippen molar-refractivity contribution in [2.45, 2.75) is 6.61 Å². The van der Waals surface area contributed by atoms with E-state index in [0.717, 1.165) is 5.56 Å². The number of methoxy groups -OCH3 is 1. The summed E-state index contributed by atoms with van der Waals surface area (Å²) in [7, 11) is 1.59. The topological polar surface area (TPSA) is 73.6 Å². The second-order valence-corrected chi connectivity index (χ2v) is 4.78. The van der Waals surface area contributed by atoms with Gasteiger partial charge in [0.2, 0.25) is 0 Å². The molecule has 0 saturated carbocycles. The zero-order valence-corrected chi connectivity index (χ0v) is 12.5.